The van der Waals surface area contributed by atoms with E-state index in [1.807, 2.05) is 0 Å². The SMILES string of the molecule is CCP(=O)(CC)N=[N+]=[N-].N#N. The van der Waals surface area contributed by atoms with E-state index in [9.17, 15) is 4.57 Å². The Hall–Kier alpha value is -1.04. The molecule has 0 spiro atoms. The largest absolute Gasteiger partial charge is 0.317 e. The molecule has 0 radical (unpaired) electrons. The first-order valence-corrected chi connectivity index (χ1v) is 5.06. The van der Waals surface area contributed by atoms with Gasteiger partial charge in [0.15, 0.2) is 7.29 Å². The quantitative estimate of drug-likeness (QED) is 0.216. The van der Waals surface area contributed by atoms with Gasteiger partial charge in [-0.15, -0.1) is 0 Å². The van der Waals surface area contributed by atoms with Gasteiger partial charge in [0.25, 0.3) is 0 Å². The minimum absolute atomic E-state index is 0.466. The number of hydrogen-bond acceptors (Lipinski definition) is 3. The van der Waals surface area contributed by atoms with Crippen LogP contribution in [0.4, 0.5) is 0 Å². The molecule has 0 unspecified atom stereocenters. The van der Waals surface area contributed by atoms with E-state index >= 15 is 0 Å². The lowest BCUT2D eigenvalue weighted by atomic mass is 11.0. The summed E-state index contributed by atoms with van der Waals surface area (Å²) in [7, 11) is -2.47. The van der Waals surface area contributed by atoms with Crippen LogP contribution in [-0.4, -0.2) is 12.3 Å². The minimum atomic E-state index is -2.47. The predicted octanol–water partition coefficient (Wildman–Crippen LogP) is 2.64. The van der Waals surface area contributed by atoms with Crippen LogP contribution in [0.15, 0.2) is 4.88 Å². The minimum Gasteiger partial charge on any atom is -0.317 e. The zero-order chi connectivity index (χ0) is 9.33. The van der Waals surface area contributed by atoms with Crippen LogP contribution >= 0.6 is 7.29 Å². The van der Waals surface area contributed by atoms with Crippen molar-refractivity contribution in [2.75, 3.05) is 12.3 Å². The maximum atomic E-state index is 11.1. The normalized spacial score (nSPS) is 8.73. The molecule has 0 aromatic carbocycles. The zero-order valence-corrected chi connectivity index (χ0v) is 7.40. The van der Waals surface area contributed by atoms with Crippen molar-refractivity contribution in [3.8, 4) is 0 Å². The van der Waals surface area contributed by atoms with Crippen LogP contribution in [0.1, 0.15) is 13.8 Å². The van der Waals surface area contributed by atoms with Gasteiger partial charge in [0.05, 0.1) is 0 Å². The third kappa shape index (κ3) is 5.41. The van der Waals surface area contributed by atoms with E-state index in [-0.39, 0.29) is 0 Å². The van der Waals surface area contributed by atoms with E-state index in [1.54, 1.807) is 13.8 Å². The molecular weight excluding hydrogens is 165 g/mol. The number of hydrogen-bond donors (Lipinski definition) is 0. The average Bonchev–Trinajstić information content (AvgIpc) is 2.08. The fourth-order valence-electron chi connectivity index (χ4n) is 0.423. The molecule has 0 fully saturated rings. The van der Waals surface area contributed by atoms with Gasteiger partial charge in [-0.1, -0.05) is 13.8 Å². The van der Waals surface area contributed by atoms with Gasteiger partial charge in [-0.05, 0) is 10.4 Å². The Morgan fingerprint density at radius 1 is 1.45 bits per heavy atom. The highest BCUT2D eigenvalue weighted by Crippen LogP contribution is 2.46. The second-order valence-corrected chi connectivity index (χ2v) is 4.79. The Labute approximate surface area is 65.1 Å². The molecule has 0 saturated carbocycles. The maximum Gasteiger partial charge on any atom is 0.173 e. The lowest BCUT2D eigenvalue weighted by Crippen LogP contribution is -1.82. The summed E-state index contributed by atoms with van der Waals surface area (Å²) in [6.45, 7) is 3.53. The summed E-state index contributed by atoms with van der Waals surface area (Å²) < 4.78 is 11.1. The molecule has 0 amide bonds. The second-order valence-electron chi connectivity index (χ2n) is 1.66. The van der Waals surface area contributed by atoms with Crippen LogP contribution in [0.2, 0.25) is 0 Å². The van der Waals surface area contributed by atoms with Gasteiger partial charge in [0.2, 0.25) is 0 Å². The number of azide groups is 1. The topological polar surface area (TPSA) is 113 Å². The molecule has 0 rings (SSSR count). The molecule has 0 N–H and O–H groups in total. The van der Waals surface area contributed by atoms with E-state index < -0.39 is 7.29 Å². The van der Waals surface area contributed by atoms with E-state index in [4.69, 9.17) is 16.3 Å². The Morgan fingerprint density at radius 2 is 1.82 bits per heavy atom. The first-order valence-electron chi connectivity index (χ1n) is 3.03. The maximum absolute atomic E-state index is 11.1. The molecule has 0 atom stereocenters. The second kappa shape index (κ2) is 7.07. The Morgan fingerprint density at radius 3 is 1.91 bits per heavy atom. The van der Waals surface area contributed by atoms with Crippen molar-refractivity contribution in [2.24, 2.45) is 4.88 Å². The van der Waals surface area contributed by atoms with Gasteiger partial charge < -0.3 is 4.57 Å². The van der Waals surface area contributed by atoms with Crippen LogP contribution in [0.5, 0.6) is 0 Å². The molecule has 0 heterocycles. The molecule has 0 aliphatic rings. The van der Waals surface area contributed by atoms with Crippen molar-refractivity contribution in [1.82, 2.24) is 0 Å². The molecule has 0 aliphatic carbocycles. The van der Waals surface area contributed by atoms with Gasteiger partial charge in [-0.25, -0.2) is 0 Å². The monoisotopic (exact) mass is 175 g/mol. The Balaban J connectivity index is 0. The van der Waals surface area contributed by atoms with Crippen molar-refractivity contribution >= 4 is 7.29 Å². The van der Waals surface area contributed by atoms with E-state index in [2.05, 4.69) is 9.80 Å². The fraction of sp³-hybridized carbons (Fsp3) is 1.00. The molecule has 0 aliphatic heterocycles. The summed E-state index contributed by atoms with van der Waals surface area (Å²) in [6, 6.07) is 0. The molecular formula is C4H10N5OP. The highest BCUT2D eigenvalue weighted by Gasteiger charge is 2.12. The van der Waals surface area contributed by atoms with Crippen molar-refractivity contribution in [1.29, 1.82) is 10.8 Å². The summed E-state index contributed by atoms with van der Waals surface area (Å²) in [5.74, 6) is 0. The Bertz CT molecular complexity index is 198. The standard InChI is InChI=1S/C4H10N3OP.N2/c1-3-9(8,4-2)7-6-5;1-2/h3-4H2,1-2H3;. The fourth-order valence-corrected chi connectivity index (χ4v) is 1.27. The third-order valence-corrected chi connectivity index (χ3v) is 3.57. The molecule has 0 aromatic rings. The van der Waals surface area contributed by atoms with Gasteiger partial charge in [0.1, 0.15) is 0 Å². The number of rotatable bonds is 3. The van der Waals surface area contributed by atoms with Crippen LogP contribution in [0.3, 0.4) is 0 Å². The van der Waals surface area contributed by atoms with Gasteiger partial charge in [-0.3, -0.25) is 0 Å². The molecule has 7 heteroatoms. The summed E-state index contributed by atoms with van der Waals surface area (Å²) in [6.07, 6.45) is 0.932. The summed E-state index contributed by atoms with van der Waals surface area (Å²) in [4.78, 5) is 5.74. The van der Waals surface area contributed by atoms with Crippen LogP contribution in [0, 0.1) is 10.8 Å². The van der Waals surface area contributed by atoms with Gasteiger partial charge >= 0.3 is 0 Å². The highest BCUT2D eigenvalue weighted by molar-refractivity contribution is 7.62. The average molecular weight is 175 g/mol. The molecule has 0 bridgehead atoms. The third-order valence-electron chi connectivity index (χ3n) is 1.19. The molecule has 0 saturated heterocycles. The van der Waals surface area contributed by atoms with Crippen molar-refractivity contribution in [3.63, 3.8) is 0 Å². The van der Waals surface area contributed by atoms with Crippen LogP contribution in [0.25, 0.3) is 10.4 Å². The first kappa shape index (κ1) is 12.6. The summed E-state index contributed by atoms with van der Waals surface area (Å²) in [5, 5.41) is 12.0. The number of nitrogens with zero attached hydrogens (tertiary/aromatic N) is 5. The van der Waals surface area contributed by atoms with Crippen LogP contribution < -0.4 is 0 Å². The zero-order valence-electron chi connectivity index (χ0n) is 6.51. The van der Waals surface area contributed by atoms with E-state index in [0.717, 1.165) is 0 Å². The van der Waals surface area contributed by atoms with Gasteiger partial charge in [0, 0.05) is 28.0 Å². The summed E-state index contributed by atoms with van der Waals surface area (Å²) >= 11 is 0. The molecule has 6 nitrogen and oxygen atoms in total. The molecule has 11 heavy (non-hydrogen) atoms. The molecule has 0 aromatic heterocycles. The predicted molar refractivity (Wildman–Crippen MR) is 41.3 cm³/mol. The van der Waals surface area contributed by atoms with Gasteiger partial charge in [-0.2, -0.15) is 0 Å². The lowest BCUT2D eigenvalue weighted by Gasteiger charge is -2.02. The highest BCUT2D eigenvalue weighted by atomic mass is 31.2. The van der Waals surface area contributed by atoms with Crippen molar-refractivity contribution in [3.05, 3.63) is 10.4 Å². The van der Waals surface area contributed by atoms with Crippen LogP contribution in [-0.2, 0) is 4.57 Å². The Kier molecular flexibility index (Phi) is 8.11. The van der Waals surface area contributed by atoms with Crippen molar-refractivity contribution < 1.29 is 4.57 Å². The smallest absolute Gasteiger partial charge is 0.173 e. The summed E-state index contributed by atoms with van der Waals surface area (Å²) in [5.41, 5.74) is 7.95. The van der Waals surface area contributed by atoms with E-state index in [1.165, 1.54) is 0 Å². The van der Waals surface area contributed by atoms with E-state index in [0.29, 0.717) is 12.3 Å². The first-order chi connectivity index (χ1) is 5.18. The molecule has 62 valence electrons. The van der Waals surface area contributed by atoms with Crippen molar-refractivity contribution in [2.45, 2.75) is 13.8 Å². The lowest BCUT2D eigenvalue weighted by molar-refractivity contribution is 0.577.